The maximum Gasteiger partial charge on any atom is 0.270 e. The van der Waals surface area contributed by atoms with Crippen LogP contribution in [0.25, 0.3) is 23.0 Å². The van der Waals surface area contributed by atoms with Gasteiger partial charge in [-0.1, -0.05) is 11.6 Å². The van der Waals surface area contributed by atoms with E-state index in [-0.39, 0.29) is 17.5 Å². The second-order valence-electron chi connectivity index (χ2n) is 5.86. The molecule has 28 heavy (non-hydrogen) atoms. The fourth-order valence-corrected chi connectivity index (χ4v) is 3.05. The van der Waals surface area contributed by atoms with Gasteiger partial charge in [-0.25, -0.2) is 0 Å². The van der Waals surface area contributed by atoms with Crippen molar-refractivity contribution in [2.45, 2.75) is 0 Å². The van der Waals surface area contributed by atoms with E-state index < -0.39 is 4.92 Å². The lowest BCUT2D eigenvalue weighted by Crippen LogP contribution is -1.92. The molecule has 0 saturated heterocycles. The van der Waals surface area contributed by atoms with Crippen molar-refractivity contribution in [1.29, 1.82) is 5.26 Å². The standard InChI is InChI=1S/C20H11ClN2O5/c21-17-9-14(23(24)25)2-4-16(17)18-6-3-15(28-18)7-13(10-22)12-1-5-19-20(8-12)27-11-26-19/h1-9H,11H2/b13-7+. The summed E-state index contributed by atoms with van der Waals surface area (Å²) in [6.45, 7) is 0.155. The minimum absolute atomic E-state index is 0.102. The van der Waals surface area contributed by atoms with Gasteiger partial charge in [-0.3, -0.25) is 10.1 Å². The Balaban J connectivity index is 1.65. The smallest absolute Gasteiger partial charge is 0.270 e. The molecule has 8 heteroatoms. The molecule has 0 N–H and O–H groups in total. The molecule has 2 heterocycles. The molecule has 4 rings (SSSR count). The number of hydrogen-bond donors (Lipinski definition) is 0. The Kier molecular flexibility index (Phi) is 4.47. The summed E-state index contributed by atoms with van der Waals surface area (Å²) < 4.78 is 16.4. The van der Waals surface area contributed by atoms with Crippen LogP contribution in [0.1, 0.15) is 11.3 Å². The maximum absolute atomic E-state index is 10.8. The summed E-state index contributed by atoms with van der Waals surface area (Å²) in [5, 5.41) is 20.6. The van der Waals surface area contributed by atoms with Gasteiger partial charge in [0.15, 0.2) is 11.5 Å². The van der Waals surface area contributed by atoms with Crippen LogP contribution in [-0.2, 0) is 0 Å². The number of nitro benzene ring substituents is 1. The van der Waals surface area contributed by atoms with Crippen molar-refractivity contribution in [3.8, 4) is 28.9 Å². The van der Waals surface area contributed by atoms with Crippen LogP contribution in [0.3, 0.4) is 0 Å². The lowest BCUT2D eigenvalue weighted by Gasteiger charge is -2.02. The van der Waals surface area contributed by atoms with E-state index in [1.807, 2.05) is 0 Å². The number of hydrogen-bond acceptors (Lipinski definition) is 6. The normalized spacial score (nSPS) is 12.6. The quantitative estimate of drug-likeness (QED) is 0.338. The fraction of sp³-hybridized carbons (Fsp3) is 0.0500. The third-order valence-electron chi connectivity index (χ3n) is 4.15. The number of rotatable bonds is 4. The molecule has 1 aliphatic heterocycles. The zero-order chi connectivity index (χ0) is 19.7. The van der Waals surface area contributed by atoms with E-state index >= 15 is 0 Å². The van der Waals surface area contributed by atoms with Crippen molar-refractivity contribution in [2.24, 2.45) is 0 Å². The molecule has 0 atom stereocenters. The Labute approximate surface area is 164 Å². The first kappa shape index (κ1) is 17.6. The monoisotopic (exact) mass is 394 g/mol. The summed E-state index contributed by atoms with van der Waals surface area (Å²) in [5.74, 6) is 2.10. The third-order valence-corrected chi connectivity index (χ3v) is 4.46. The number of ether oxygens (including phenoxy) is 2. The van der Waals surface area contributed by atoms with Crippen LogP contribution in [0.2, 0.25) is 5.02 Å². The van der Waals surface area contributed by atoms with E-state index in [0.29, 0.717) is 39.7 Å². The van der Waals surface area contributed by atoms with Gasteiger partial charge in [0.25, 0.3) is 5.69 Å². The summed E-state index contributed by atoms with van der Waals surface area (Å²) in [4.78, 5) is 10.3. The number of fused-ring (bicyclic) bond motifs is 1. The second-order valence-corrected chi connectivity index (χ2v) is 6.27. The predicted molar refractivity (Wildman–Crippen MR) is 102 cm³/mol. The Morgan fingerprint density at radius 2 is 1.96 bits per heavy atom. The average Bonchev–Trinajstić information content (AvgIpc) is 3.34. The molecule has 3 aromatic rings. The summed E-state index contributed by atoms with van der Waals surface area (Å²) in [7, 11) is 0. The molecule has 0 aliphatic carbocycles. The van der Waals surface area contributed by atoms with Gasteiger partial charge in [0.05, 0.1) is 21.6 Å². The number of benzene rings is 2. The highest BCUT2D eigenvalue weighted by Gasteiger charge is 2.16. The molecule has 1 aliphatic rings. The first-order valence-electron chi connectivity index (χ1n) is 8.11. The van der Waals surface area contributed by atoms with Crippen LogP contribution in [0.5, 0.6) is 11.5 Å². The van der Waals surface area contributed by atoms with Gasteiger partial charge < -0.3 is 13.9 Å². The summed E-state index contributed by atoms with van der Waals surface area (Å²) in [5.41, 5.74) is 1.47. The van der Waals surface area contributed by atoms with Gasteiger partial charge in [-0.2, -0.15) is 5.26 Å². The van der Waals surface area contributed by atoms with E-state index in [1.54, 1.807) is 36.4 Å². The first-order chi connectivity index (χ1) is 13.5. The highest BCUT2D eigenvalue weighted by molar-refractivity contribution is 6.33. The van der Waals surface area contributed by atoms with E-state index in [9.17, 15) is 15.4 Å². The number of nitrogens with zero attached hydrogens (tertiary/aromatic N) is 2. The van der Waals surface area contributed by atoms with Crippen LogP contribution in [0, 0.1) is 21.4 Å². The number of halogens is 1. The van der Waals surface area contributed by atoms with E-state index in [4.69, 9.17) is 25.5 Å². The topological polar surface area (TPSA) is 98.5 Å². The number of allylic oxidation sites excluding steroid dienone is 1. The van der Waals surface area contributed by atoms with Gasteiger partial charge in [-0.15, -0.1) is 0 Å². The summed E-state index contributed by atoms with van der Waals surface area (Å²) >= 11 is 6.14. The lowest BCUT2D eigenvalue weighted by atomic mass is 10.1. The van der Waals surface area contributed by atoms with Crippen LogP contribution in [0.4, 0.5) is 5.69 Å². The van der Waals surface area contributed by atoms with E-state index in [1.165, 1.54) is 18.2 Å². The van der Waals surface area contributed by atoms with Gasteiger partial charge in [0.2, 0.25) is 6.79 Å². The molecule has 138 valence electrons. The highest BCUT2D eigenvalue weighted by Crippen LogP contribution is 2.36. The molecule has 0 saturated carbocycles. The van der Waals surface area contributed by atoms with E-state index in [0.717, 1.165) is 0 Å². The second kappa shape index (κ2) is 7.10. The minimum Gasteiger partial charge on any atom is -0.457 e. The molecule has 0 fully saturated rings. The zero-order valence-corrected chi connectivity index (χ0v) is 15.0. The predicted octanol–water partition coefficient (Wildman–Crippen LogP) is 5.30. The Bertz CT molecular complexity index is 1160. The SMILES string of the molecule is N#C/C(=C\c1ccc(-c2ccc([N+](=O)[O-])cc2Cl)o1)c1ccc2c(c1)OCO2. The van der Waals surface area contributed by atoms with Crippen LogP contribution in [-0.4, -0.2) is 11.7 Å². The van der Waals surface area contributed by atoms with Crippen molar-refractivity contribution >= 4 is 28.9 Å². The number of nitro groups is 1. The van der Waals surface area contributed by atoms with Crippen molar-refractivity contribution in [1.82, 2.24) is 0 Å². The number of nitriles is 1. The highest BCUT2D eigenvalue weighted by atomic mass is 35.5. The fourth-order valence-electron chi connectivity index (χ4n) is 2.78. The Morgan fingerprint density at radius 3 is 2.71 bits per heavy atom. The first-order valence-corrected chi connectivity index (χ1v) is 8.49. The third kappa shape index (κ3) is 3.29. The Morgan fingerprint density at radius 1 is 1.14 bits per heavy atom. The van der Waals surface area contributed by atoms with Gasteiger partial charge in [0, 0.05) is 17.7 Å². The minimum atomic E-state index is -0.517. The molecule has 0 unspecified atom stereocenters. The molecule has 2 aromatic carbocycles. The van der Waals surface area contributed by atoms with Crippen molar-refractivity contribution < 1.29 is 18.8 Å². The van der Waals surface area contributed by atoms with Crippen LogP contribution in [0.15, 0.2) is 52.9 Å². The van der Waals surface area contributed by atoms with Gasteiger partial charge in [0.1, 0.15) is 11.5 Å². The van der Waals surface area contributed by atoms with Crippen molar-refractivity contribution in [3.05, 3.63) is 75.0 Å². The van der Waals surface area contributed by atoms with Crippen molar-refractivity contribution in [2.75, 3.05) is 6.79 Å². The zero-order valence-electron chi connectivity index (χ0n) is 14.2. The van der Waals surface area contributed by atoms with Crippen LogP contribution < -0.4 is 9.47 Å². The lowest BCUT2D eigenvalue weighted by molar-refractivity contribution is -0.384. The molecule has 0 bridgehead atoms. The molecular formula is C20H11ClN2O5. The van der Waals surface area contributed by atoms with Crippen LogP contribution >= 0.6 is 11.6 Å². The molecule has 0 spiro atoms. The summed E-state index contributed by atoms with van der Waals surface area (Å²) in [6, 6.07) is 14.9. The molecule has 1 aromatic heterocycles. The summed E-state index contributed by atoms with van der Waals surface area (Å²) in [6.07, 6.45) is 1.60. The molecule has 0 amide bonds. The average molecular weight is 395 g/mol. The van der Waals surface area contributed by atoms with Gasteiger partial charge >= 0.3 is 0 Å². The largest absolute Gasteiger partial charge is 0.457 e. The number of non-ortho nitro benzene ring substituents is 1. The molecule has 7 nitrogen and oxygen atoms in total. The van der Waals surface area contributed by atoms with Crippen molar-refractivity contribution in [3.63, 3.8) is 0 Å². The Hall–Kier alpha value is -3.76. The molecule has 0 radical (unpaired) electrons. The van der Waals surface area contributed by atoms with E-state index in [2.05, 4.69) is 6.07 Å². The number of furan rings is 1. The van der Waals surface area contributed by atoms with Gasteiger partial charge in [-0.05, 0) is 48.0 Å². The maximum atomic E-state index is 10.8. The molecular weight excluding hydrogens is 384 g/mol.